The highest BCUT2D eigenvalue weighted by atomic mass is 19.2. The van der Waals surface area contributed by atoms with Crippen molar-refractivity contribution in [3.63, 3.8) is 0 Å². The molecule has 1 N–H and O–H groups in total. The molecule has 1 fully saturated rings. The predicted octanol–water partition coefficient (Wildman–Crippen LogP) is 5.34. The van der Waals surface area contributed by atoms with Gasteiger partial charge in [0.2, 0.25) is 5.82 Å². The number of halogens is 3. The first-order chi connectivity index (χ1) is 14.7. The number of nitro groups is 1. The molecule has 10 heteroatoms. The summed E-state index contributed by atoms with van der Waals surface area (Å²) in [7, 11) is 0. The number of unbranched alkanes of at least 4 members (excludes halogenated alkanes) is 1. The van der Waals surface area contributed by atoms with E-state index < -0.39 is 56.5 Å². The molecule has 1 aromatic rings. The Morgan fingerprint density at radius 1 is 1.23 bits per heavy atom. The van der Waals surface area contributed by atoms with Crippen LogP contribution < -0.4 is 0 Å². The minimum absolute atomic E-state index is 0.00916. The van der Waals surface area contributed by atoms with E-state index in [0.717, 1.165) is 45.2 Å². The number of ether oxygens (including phenoxy) is 1. The molecule has 0 heterocycles. The summed E-state index contributed by atoms with van der Waals surface area (Å²) in [5.41, 5.74) is -4.36. The normalized spacial score (nSPS) is 15.8. The van der Waals surface area contributed by atoms with Crippen molar-refractivity contribution in [2.75, 3.05) is 6.61 Å². The smallest absolute Gasteiger partial charge is 0.343 e. The summed E-state index contributed by atoms with van der Waals surface area (Å²) in [6, 6.07) is -0.147. The Labute approximate surface area is 177 Å². The number of aliphatic imine (C=N–C) groups is 1. The number of esters is 1. The van der Waals surface area contributed by atoms with E-state index in [1.165, 1.54) is 0 Å². The lowest BCUT2D eigenvalue weighted by atomic mass is 9.96. The van der Waals surface area contributed by atoms with Gasteiger partial charge in [0, 0.05) is 17.8 Å². The highest BCUT2D eigenvalue weighted by Gasteiger charge is 2.35. The molecule has 7 nitrogen and oxygen atoms in total. The number of carbonyl (C=O) groups is 1. The fraction of sp³-hybridized carbons (Fsp3) is 0.524. The molecule has 0 bridgehead atoms. The molecular weight excluding hydrogens is 417 g/mol. The van der Waals surface area contributed by atoms with E-state index >= 15 is 0 Å². The molecular formula is C21H25F3N2O5. The molecule has 1 aromatic carbocycles. The van der Waals surface area contributed by atoms with Crippen LogP contribution in [0.4, 0.5) is 18.9 Å². The van der Waals surface area contributed by atoms with Crippen molar-refractivity contribution in [3.05, 3.63) is 44.3 Å². The van der Waals surface area contributed by atoms with Gasteiger partial charge in [-0.05, 0) is 26.2 Å². The van der Waals surface area contributed by atoms with E-state index in [0.29, 0.717) is 12.8 Å². The van der Waals surface area contributed by atoms with Gasteiger partial charge in [-0.2, -0.15) is 4.39 Å². The second-order valence-electron chi connectivity index (χ2n) is 7.37. The van der Waals surface area contributed by atoms with E-state index in [9.17, 15) is 33.2 Å². The number of aliphatic hydroxyl groups is 1. The Balaban J connectivity index is 2.64. The van der Waals surface area contributed by atoms with Crippen LogP contribution in [-0.2, 0) is 9.53 Å². The molecule has 0 aromatic heterocycles. The zero-order chi connectivity index (χ0) is 23.1. The zero-order valence-corrected chi connectivity index (χ0v) is 17.4. The third kappa shape index (κ3) is 5.62. The average molecular weight is 442 g/mol. The Morgan fingerprint density at radius 2 is 1.87 bits per heavy atom. The maximum absolute atomic E-state index is 14.7. The minimum atomic E-state index is -1.94. The molecule has 0 saturated heterocycles. The van der Waals surface area contributed by atoms with Gasteiger partial charge in [0.15, 0.2) is 5.82 Å². The number of aliphatic hydroxyl groups excluding tert-OH is 1. The van der Waals surface area contributed by atoms with Crippen LogP contribution in [0.3, 0.4) is 0 Å². The first-order valence-corrected chi connectivity index (χ1v) is 10.2. The van der Waals surface area contributed by atoms with Gasteiger partial charge < -0.3 is 9.84 Å². The second kappa shape index (κ2) is 10.9. The summed E-state index contributed by atoms with van der Waals surface area (Å²) in [5, 5.41) is 22.0. The maximum Gasteiger partial charge on any atom is 0.343 e. The van der Waals surface area contributed by atoms with Gasteiger partial charge in [-0.15, -0.1) is 0 Å². The van der Waals surface area contributed by atoms with Crippen LogP contribution in [0, 0.1) is 34.5 Å². The van der Waals surface area contributed by atoms with Crippen molar-refractivity contribution in [1.82, 2.24) is 0 Å². The summed E-state index contributed by atoms with van der Waals surface area (Å²) in [6.07, 6.45) is 6.58. The molecule has 2 rings (SSSR count). The molecule has 170 valence electrons. The Kier molecular flexibility index (Phi) is 8.58. The predicted molar refractivity (Wildman–Crippen MR) is 108 cm³/mol. The average Bonchev–Trinajstić information content (AvgIpc) is 2.75. The summed E-state index contributed by atoms with van der Waals surface area (Å²) >= 11 is 0. The van der Waals surface area contributed by atoms with E-state index in [-0.39, 0.29) is 12.6 Å². The van der Waals surface area contributed by atoms with Crippen molar-refractivity contribution in [3.8, 4) is 0 Å². The third-order valence-electron chi connectivity index (χ3n) is 5.13. The molecule has 0 aliphatic heterocycles. The van der Waals surface area contributed by atoms with Gasteiger partial charge in [-0.1, -0.05) is 32.6 Å². The van der Waals surface area contributed by atoms with Crippen molar-refractivity contribution >= 4 is 23.6 Å². The van der Waals surface area contributed by atoms with Gasteiger partial charge in [0.05, 0.1) is 11.5 Å². The van der Waals surface area contributed by atoms with Crippen LogP contribution in [0.25, 0.3) is 5.76 Å². The molecule has 0 amide bonds. The summed E-state index contributed by atoms with van der Waals surface area (Å²) in [5.74, 6) is -7.56. The van der Waals surface area contributed by atoms with Gasteiger partial charge in [-0.25, -0.2) is 13.6 Å². The number of hydrogen-bond acceptors (Lipinski definition) is 6. The van der Waals surface area contributed by atoms with Crippen LogP contribution >= 0.6 is 0 Å². The SMILES string of the molecule is CCCCOC(=O)/C(C=NC1CCCCC1)=C(/O)c1c(F)c(C)c(F)c(F)c1[N+](=O)[O-]. The monoisotopic (exact) mass is 442 g/mol. The number of carbonyl (C=O) groups excluding carboxylic acids is 1. The summed E-state index contributed by atoms with van der Waals surface area (Å²) in [6.45, 7) is 2.71. The topological polar surface area (TPSA) is 102 Å². The van der Waals surface area contributed by atoms with Crippen LogP contribution in [0.1, 0.15) is 63.0 Å². The minimum Gasteiger partial charge on any atom is -0.506 e. The fourth-order valence-electron chi connectivity index (χ4n) is 3.30. The third-order valence-corrected chi connectivity index (χ3v) is 5.13. The van der Waals surface area contributed by atoms with E-state index in [1.54, 1.807) is 0 Å². The van der Waals surface area contributed by atoms with Gasteiger partial charge in [0.1, 0.15) is 22.7 Å². The van der Waals surface area contributed by atoms with Crippen LogP contribution in [0.2, 0.25) is 0 Å². The van der Waals surface area contributed by atoms with E-state index in [2.05, 4.69) is 4.99 Å². The summed E-state index contributed by atoms with van der Waals surface area (Å²) in [4.78, 5) is 26.7. The largest absolute Gasteiger partial charge is 0.506 e. The molecule has 1 aliphatic rings. The first-order valence-electron chi connectivity index (χ1n) is 10.2. The van der Waals surface area contributed by atoms with Crippen molar-refractivity contribution in [1.29, 1.82) is 0 Å². The quantitative estimate of drug-likeness (QED) is 0.0856. The van der Waals surface area contributed by atoms with E-state index in [1.807, 2.05) is 6.92 Å². The van der Waals surface area contributed by atoms with Crippen molar-refractivity contribution in [2.24, 2.45) is 4.99 Å². The van der Waals surface area contributed by atoms with Crippen LogP contribution in [0.15, 0.2) is 10.6 Å². The van der Waals surface area contributed by atoms with Gasteiger partial charge in [-0.3, -0.25) is 15.1 Å². The highest BCUT2D eigenvalue weighted by molar-refractivity contribution is 6.15. The van der Waals surface area contributed by atoms with Gasteiger partial charge >= 0.3 is 11.7 Å². The molecule has 31 heavy (non-hydrogen) atoms. The number of hydrogen-bond donors (Lipinski definition) is 1. The Hall–Kier alpha value is -2.91. The molecule has 0 atom stereocenters. The van der Waals surface area contributed by atoms with Crippen LogP contribution in [0.5, 0.6) is 0 Å². The first kappa shape index (κ1) is 24.4. The van der Waals surface area contributed by atoms with E-state index in [4.69, 9.17) is 4.74 Å². The Bertz CT molecular complexity index is 909. The number of nitrogens with zero attached hydrogens (tertiary/aromatic N) is 2. The molecule has 1 saturated carbocycles. The molecule has 0 unspecified atom stereocenters. The fourth-order valence-corrected chi connectivity index (χ4v) is 3.30. The molecule has 1 aliphatic carbocycles. The lowest BCUT2D eigenvalue weighted by Crippen LogP contribution is -2.16. The van der Waals surface area contributed by atoms with Gasteiger partial charge in [0.25, 0.3) is 0 Å². The number of rotatable bonds is 8. The Morgan fingerprint density at radius 3 is 2.45 bits per heavy atom. The molecule has 0 spiro atoms. The standard InChI is InChI=1S/C21H25F3N2O5/c1-3-4-10-31-21(28)14(11-25-13-8-6-5-7-9-13)20(27)15-16(22)12(2)17(23)18(24)19(15)26(29)30/h11,13,27H,3-10H2,1-2H3/b20-14+,25-11?. The molecule has 0 radical (unpaired) electrons. The zero-order valence-electron chi connectivity index (χ0n) is 17.4. The summed E-state index contributed by atoms with van der Waals surface area (Å²) < 4.78 is 47.9. The lowest BCUT2D eigenvalue weighted by Gasteiger charge is -2.17. The van der Waals surface area contributed by atoms with Crippen molar-refractivity contribution < 1.29 is 32.7 Å². The van der Waals surface area contributed by atoms with Crippen molar-refractivity contribution in [2.45, 2.75) is 64.8 Å². The number of nitro benzene ring substituents is 1. The lowest BCUT2D eigenvalue weighted by molar-refractivity contribution is -0.388. The second-order valence-corrected chi connectivity index (χ2v) is 7.37. The maximum atomic E-state index is 14.7. The van der Waals surface area contributed by atoms with Crippen LogP contribution in [-0.4, -0.2) is 34.9 Å². The number of benzene rings is 1. The highest BCUT2D eigenvalue weighted by Crippen LogP contribution is 2.35.